The van der Waals surface area contributed by atoms with Crippen LogP contribution in [0.4, 0.5) is 4.39 Å². The molecule has 0 spiro atoms. The van der Waals surface area contributed by atoms with Crippen LogP contribution in [0.2, 0.25) is 0 Å². The first kappa shape index (κ1) is 15.9. The van der Waals surface area contributed by atoms with Crippen LogP contribution in [0.5, 0.6) is 0 Å². The van der Waals surface area contributed by atoms with E-state index >= 15 is 0 Å². The van der Waals surface area contributed by atoms with E-state index < -0.39 is 15.8 Å². The molecule has 112 valence electrons. The van der Waals surface area contributed by atoms with Gasteiger partial charge in [-0.3, -0.25) is 0 Å². The van der Waals surface area contributed by atoms with Gasteiger partial charge >= 0.3 is 0 Å². The maximum atomic E-state index is 13.7. The van der Waals surface area contributed by atoms with Crippen molar-refractivity contribution in [3.8, 4) is 0 Å². The van der Waals surface area contributed by atoms with Crippen molar-refractivity contribution in [2.24, 2.45) is 5.92 Å². The highest BCUT2D eigenvalue weighted by Gasteiger charge is 2.24. The monoisotopic (exact) mass is 364 g/mol. The van der Waals surface area contributed by atoms with E-state index in [1.807, 2.05) is 0 Å². The highest BCUT2D eigenvalue weighted by atomic mass is 79.9. The van der Waals surface area contributed by atoms with E-state index in [2.05, 4.69) is 32.5 Å². The Bertz CT molecular complexity index is 580. The van der Waals surface area contributed by atoms with E-state index in [1.165, 1.54) is 12.1 Å². The van der Waals surface area contributed by atoms with Gasteiger partial charge in [-0.2, -0.15) is 0 Å². The third kappa shape index (κ3) is 3.78. The summed E-state index contributed by atoms with van der Waals surface area (Å²) in [5, 5.41) is 0. The summed E-state index contributed by atoms with van der Waals surface area (Å²) in [7, 11) is -3.78. The summed E-state index contributed by atoms with van der Waals surface area (Å²) in [5.41, 5.74) is 0. The summed E-state index contributed by atoms with van der Waals surface area (Å²) in [5.74, 6) is -0.447. The molecule has 0 amide bonds. The van der Waals surface area contributed by atoms with Crippen LogP contribution in [0.1, 0.15) is 13.3 Å². The van der Waals surface area contributed by atoms with Gasteiger partial charge in [0.15, 0.2) is 0 Å². The molecule has 2 rings (SSSR count). The smallest absolute Gasteiger partial charge is 0.243 e. The topological polar surface area (TPSA) is 49.4 Å². The number of likely N-dealkylation sites (tertiary alicyclic amines) is 1. The van der Waals surface area contributed by atoms with Crippen LogP contribution in [0, 0.1) is 11.7 Å². The zero-order chi connectivity index (χ0) is 14.8. The predicted octanol–water partition coefficient (Wildman–Crippen LogP) is 2.21. The van der Waals surface area contributed by atoms with E-state index in [9.17, 15) is 12.8 Å². The number of rotatable bonds is 5. The van der Waals surface area contributed by atoms with Crippen LogP contribution in [0.15, 0.2) is 27.6 Å². The highest BCUT2D eigenvalue weighted by molar-refractivity contribution is 9.10. The molecular formula is C13H18BrFN2O2S. The van der Waals surface area contributed by atoms with Crippen molar-refractivity contribution in [2.45, 2.75) is 18.2 Å². The first-order chi connectivity index (χ1) is 9.42. The molecule has 1 fully saturated rings. The minimum Gasteiger partial charge on any atom is -0.303 e. The Kier molecular flexibility index (Phi) is 5.17. The Balaban J connectivity index is 2.01. The maximum absolute atomic E-state index is 13.7. The molecule has 0 saturated carbocycles. The van der Waals surface area contributed by atoms with Gasteiger partial charge in [-0.05, 0) is 43.6 Å². The minimum absolute atomic E-state index is 0.295. The zero-order valence-electron chi connectivity index (χ0n) is 11.3. The van der Waals surface area contributed by atoms with Gasteiger partial charge in [-0.1, -0.05) is 22.9 Å². The molecule has 1 aliphatic heterocycles. The molecule has 0 aliphatic carbocycles. The average molecular weight is 365 g/mol. The number of nitrogens with one attached hydrogen (secondary N) is 1. The lowest BCUT2D eigenvalue weighted by Gasteiger charge is -2.14. The van der Waals surface area contributed by atoms with Crippen LogP contribution < -0.4 is 4.72 Å². The SMILES string of the molecule is CCN1CCC(CNS(=O)(=O)c2ccc(Br)cc2F)C1. The summed E-state index contributed by atoms with van der Waals surface area (Å²) >= 11 is 3.11. The molecule has 0 bridgehead atoms. The maximum Gasteiger partial charge on any atom is 0.243 e. The van der Waals surface area contributed by atoms with Gasteiger partial charge in [0.1, 0.15) is 10.7 Å². The van der Waals surface area contributed by atoms with Crippen molar-refractivity contribution < 1.29 is 12.8 Å². The average Bonchev–Trinajstić information content (AvgIpc) is 2.84. The van der Waals surface area contributed by atoms with Gasteiger partial charge in [0.2, 0.25) is 10.0 Å². The molecule has 1 N–H and O–H groups in total. The Morgan fingerprint density at radius 3 is 2.85 bits per heavy atom. The van der Waals surface area contributed by atoms with Gasteiger partial charge in [0.05, 0.1) is 0 Å². The van der Waals surface area contributed by atoms with Crippen LogP contribution >= 0.6 is 15.9 Å². The largest absolute Gasteiger partial charge is 0.303 e. The van der Waals surface area contributed by atoms with Crippen LogP contribution in [0.3, 0.4) is 0 Å². The van der Waals surface area contributed by atoms with Gasteiger partial charge in [0, 0.05) is 17.6 Å². The summed E-state index contributed by atoms with van der Waals surface area (Å²) in [6.45, 7) is 5.31. The Morgan fingerprint density at radius 2 is 2.25 bits per heavy atom. The molecule has 1 aromatic carbocycles. The predicted molar refractivity (Wildman–Crippen MR) is 79.5 cm³/mol. The lowest BCUT2D eigenvalue weighted by molar-refractivity contribution is 0.342. The second kappa shape index (κ2) is 6.51. The quantitative estimate of drug-likeness (QED) is 0.871. The third-order valence-corrected chi connectivity index (χ3v) is 5.51. The zero-order valence-corrected chi connectivity index (χ0v) is 13.7. The van der Waals surface area contributed by atoms with Gasteiger partial charge in [-0.15, -0.1) is 0 Å². The van der Waals surface area contributed by atoms with Crippen molar-refractivity contribution in [1.82, 2.24) is 9.62 Å². The number of benzene rings is 1. The van der Waals surface area contributed by atoms with Crippen molar-refractivity contribution >= 4 is 26.0 Å². The van der Waals surface area contributed by atoms with E-state index in [0.717, 1.165) is 32.1 Å². The Morgan fingerprint density at radius 1 is 1.50 bits per heavy atom. The highest BCUT2D eigenvalue weighted by Crippen LogP contribution is 2.20. The Labute approximate surface area is 127 Å². The number of hydrogen-bond donors (Lipinski definition) is 1. The fourth-order valence-electron chi connectivity index (χ4n) is 2.37. The summed E-state index contributed by atoms with van der Waals surface area (Å²) in [6, 6.07) is 3.95. The molecule has 20 heavy (non-hydrogen) atoms. The second-order valence-corrected chi connectivity index (χ2v) is 7.63. The third-order valence-electron chi connectivity index (χ3n) is 3.56. The van der Waals surface area contributed by atoms with Crippen molar-refractivity contribution in [2.75, 3.05) is 26.2 Å². The molecule has 1 atom stereocenters. The van der Waals surface area contributed by atoms with E-state index in [0.29, 0.717) is 16.9 Å². The molecule has 4 nitrogen and oxygen atoms in total. The first-order valence-electron chi connectivity index (χ1n) is 6.59. The molecular weight excluding hydrogens is 347 g/mol. The van der Waals surface area contributed by atoms with Crippen LogP contribution in [0.25, 0.3) is 0 Å². The summed E-state index contributed by atoms with van der Waals surface area (Å²) in [6.07, 6.45) is 0.971. The lowest BCUT2D eigenvalue weighted by atomic mass is 10.1. The van der Waals surface area contributed by atoms with E-state index in [4.69, 9.17) is 0 Å². The first-order valence-corrected chi connectivity index (χ1v) is 8.87. The molecule has 1 unspecified atom stereocenters. The molecule has 1 heterocycles. The molecule has 1 aliphatic rings. The number of nitrogens with zero attached hydrogens (tertiary/aromatic N) is 1. The van der Waals surface area contributed by atoms with Crippen molar-refractivity contribution in [3.05, 3.63) is 28.5 Å². The van der Waals surface area contributed by atoms with E-state index in [1.54, 1.807) is 0 Å². The number of halogens is 2. The van der Waals surface area contributed by atoms with Crippen LogP contribution in [-0.2, 0) is 10.0 Å². The fourth-order valence-corrected chi connectivity index (χ4v) is 3.87. The Hall–Kier alpha value is -0.500. The summed E-state index contributed by atoms with van der Waals surface area (Å²) < 4.78 is 40.9. The standard InChI is InChI=1S/C13H18BrFN2O2S/c1-2-17-6-5-10(9-17)8-16-20(18,19)13-4-3-11(14)7-12(13)15/h3-4,7,10,16H,2,5-6,8-9H2,1H3. The summed E-state index contributed by atoms with van der Waals surface area (Å²) in [4.78, 5) is 1.98. The second-order valence-electron chi connectivity index (χ2n) is 4.97. The fraction of sp³-hybridized carbons (Fsp3) is 0.538. The van der Waals surface area contributed by atoms with Gasteiger partial charge < -0.3 is 4.90 Å². The molecule has 1 saturated heterocycles. The molecule has 1 aromatic rings. The molecule has 0 aromatic heterocycles. The van der Waals surface area contributed by atoms with E-state index in [-0.39, 0.29) is 4.90 Å². The minimum atomic E-state index is -3.78. The van der Waals surface area contributed by atoms with Crippen molar-refractivity contribution in [1.29, 1.82) is 0 Å². The number of sulfonamides is 1. The van der Waals surface area contributed by atoms with Gasteiger partial charge in [0.25, 0.3) is 0 Å². The van der Waals surface area contributed by atoms with Crippen LogP contribution in [-0.4, -0.2) is 39.5 Å². The van der Waals surface area contributed by atoms with Gasteiger partial charge in [-0.25, -0.2) is 17.5 Å². The van der Waals surface area contributed by atoms with Crippen molar-refractivity contribution in [3.63, 3.8) is 0 Å². The molecule has 0 radical (unpaired) electrons. The number of hydrogen-bond acceptors (Lipinski definition) is 3. The normalized spacial score (nSPS) is 20.4. The molecule has 7 heteroatoms. The lowest BCUT2D eigenvalue weighted by Crippen LogP contribution is -2.31.